The number of aliphatic hydroxyl groups is 1. The fourth-order valence-electron chi connectivity index (χ4n) is 4.21. The molecule has 1 fully saturated rings. The maximum Gasteiger partial charge on any atom is 0.355 e. The lowest BCUT2D eigenvalue weighted by Gasteiger charge is -2.24. The smallest absolute Gasteiger partial charge is 0.355 e. The van der Waals surface area contributed by atoms with Crippen LogP contribution < -0.4 is 0 Å². The number of ether oxygens (including phenoxy) is 1. The summed E-state index contributed by atoms with van der Waals surface area (Å²) >= 11 is 0. The van der Waals surface area contributed by atoms with Crippen molar-refractivity contribution in [3.8, 4) is 0 Å². The zero-order chi connectivity index (χ0) is 24.4. The number of ketones is 1. The van der Waals surface area contributed by atoms with Crippen LogP contribution >= 0.6 is 0 Å². The number of aliphatic hydroxyl groups excluding tert-OH is 1. The van der Waals surface area contributed by atoms with Crippen molar-refractivity contribution in [2.45, 2.75) is 40.2 Å². The van der Waals surface area contributed by atoms with Gasteiger partial charge < -0.3 is 29.0 Å². The van der Waals surface area contributed by atoms with Gasteiger partial charge >= 0.3 is 5.97 Å². The molecule has 1 atom stereocenters. The van der Waals surface area contributed by atoms with E-state index < -0.39 is 23.7 Å². The highest BCUT2D eigenvalue weighted by atomic mass is 16.5. The average molecular weight is 458 g/mol. The van der Waals surface area contributed by atoms with Crippen molar-refractivity contribution in [2.75, 3.05) is 33.8 Å². The Bertz CT molecular complexity index is 1110. The Kier molecular flexibility index (Phi) is 7.12. The average Bonchev–Trinajstić information content (AvgIpc) is 3.37. The number of Topliss-reactive ketones (excluding diaryl/α,β-unsaturated/α-hetero) is 1. The molecule has 9 heteroatoms. The number of hydrogen-bond acceptors (Lipinski definition) is 7. The summed E-state index contributed by atoms with van der Waals surface area (Å²) in [5, 5.41) is 11.3. The first-order valence-electron chi connectivity index (χ1n) is 10.9. The first-order valence-corrected chi connectivity index (χ1v) is 10.9. The highest BCUT2D eigenvalue weighted by Crippen LogP contribution is 2.41. The lowest BCUT2D eigenvalue weighted by Crippen LogP contribution is -2.32. The number of furan rings is 1. The number of aromatic nitrogens is 1. The highest BCUT2D eigenvalue weighted by Gasteiger charge is 2.47. The van der Waals surface area contributed by atoms with Crippen molar-refractivity contribution >= 4 is 23.4 Å². The van der Waals surface area contributed by atoms with Crippen LogP contribution in [0.15, 0.2) is 22.1 Å². The Morgan fingerprint density at radius 1 is 1.24 bits per heavy atom. The van der Waals surface area contributed by atoms with E-state index >= 15 is 0 Å². The summed E-state index contributed by atoms with van der Waals surface area (Å²) in [4.78, 5) is 44.8. The van der Waals surface area contributed by atoms with Crippen LogP contribution in [0.2, 0.25) is 0 Å². The predicted molar refractivity (Wildman–Crippen MR) is 122 cm³/mol. The number of esters is 1. The number of H-pyrrole nitrogens is 1. The maximum absolute atomic E-state index is 13.1. The van der Waals surface area contributed by atoms with Crippen LogP contribution in [-0.4, -0.2) is 71.3 Å². The Hall–Kier alpha value is -3.33. The summed E-state index contributed by atoms with van der Waals surface area (Å²) in [6, 6.07) is 2.60. The van der Waals surface area contributed by atoms with Crippen molar-refractivity contribution in [2.24, 2.45) is 0 Å². The molecule has 1 aliphatic heterocycles. The van der Waals surface area contributed by atoms with Gasteiger partial charge in [-0.1, -0.05) is 0 Å². The van der Waals surface area contributed by atoms with Gasteiger partial charge in [0.2, 0.25) is 0 Å². The van der Waals surface area contributed by atoms with Gasteiger partial charge in [0.1, 0.15) is 29.0 Å². The molecule has 2 aromatic heterocycles. The van der Waals surface area contributed by atoms with Crippen LogP contribution in [0.5, 0.6) is 0 Å². The van der Waals surface area contributed by atoms with Crippen LogP contribution in [-0.2, 0) is 14.3 Å². The van der Waals surface area contributed by atoms with Crippen LogP contribution in [0.3, 0.4) is 0 Å². The third-order valence-corrected chi connectivity index (χ3v) is 5.73. The molecular formula is C24H31N3O6. The summed E-state index contributed by atoms with van der Waals surface area (Å²) in [6.07, 6.45) is 0.644. The van der Waals surface area contributed by atoms with E-state index in [1.54, 1.807) is 39.8 Å². The number of aryl methyl sites for hydroxylation is 2. The SMILES string of the molecule is CCOC(=O)c1[nH]c(C)c(C(O)=C2C(=O)C(=O)N(CCCN(C)C)[C@@H]2c2ccc(C)o2)c1C. The van der Waals surface area contributed by atoms with Crippen LogP contribution in [0.1, 0.15) is 58.2 Å². The zero-order valence-corrected chi connectivity index (χ0v) is 19.9. The predicted octanol–water partition coefficient (Wildman–Crippen LogP) is 3.08. The lowest BCUT2D eigenvalue weighted by atomic mass is 9.97. The molecule has 0 aliphatic carbocycles. The number of carbonyl (C=O) groups is 3. The number of amides is 1. The molecule has 0 saturated carbocycles. The molecule has 1 amide bonds. The van der Waals surface area contributed by atoms with Crippen LogP contribution in [0.4, 0.5) is 0 Å². The van der Waals surface area contributed by atoms with Crippen molar-refractivity contribution < 1.29 is 28.6 Å². The van der Waals surface area contributed by atoms with Gasteiger partial charge in [-0.25, -0.2) is 4.79 Å². The van der Waals surface area contributed by atoms with Crippen LogP contribution in [0, 0.1) is 20.8 Å². The van der Waals surface area contributed by atoms with Gasteiger partial charge in [-0.15, -0.1) is 0 Å². The van der Waals surface area contributed by atoms with Gasteiger partial charge in [0, 0.05) is 17.8 Å². The van der Waals surface area contributed by atoms with E-state index in [9.17, 15) is 19.5 Å². The second kappa shape index (κ2) is 9.66. The molecule has 0 radical (unpaired) electrons. The third kappa shape index (κ3) is 4.59. The quantitative estimate of drug-likeness (QED) is 0.271. The van der Waals surface area contributed by atoms with E-state index in [-0.39, 0.29) is 23.6 Å². The maximum atomic E-state index is 13.1. The van der Waals surface area contributed by atoms with E-state index in [0.717, 1.165) is 6.54 Å². The summed E-state index contributed by atoms with van der Waals surface area (Å²) in [6.45, 7) is 8.07. The Morgan fingerprint density at radius 3 is 2.52 bits per heavy atom. The third-order valence-electron chi connectivity index (χ3n) is 5.73. The molecule has 1 aliphatic rings. The molecule has 0 aromatic carbocycles. The molecule has 2 aromatic rings. The molecule has 33 heavy (non-hydrogen) atoms. The van der Waals surface area contributed by atoms with Gasteiger partial charge in [0.25, 0.3) is 11.7 Å². The largest absolute Gasteiger partial charge is 0.507 e. The fourth-order valence-corrected chi connectivity index (χ4v) is 4.21. The molecule has 3 rings (SSSR count). The molecule has 178 valence electrons. The minimum Gasteiger partial charge on any atom is -0.507 e. The molecule has 1 saturated heterocycles. The number of rotatable bonds is 8. The summed E-state index contributed by atoms with van der Waals surface area (Å²) in [5.41, 5.74) is 1.37. The van der Waals surface area contributed by atoms with E-state index in [0.29, 0.717) is 41.3 Å². The van der Waals surface area contributed by atoms with Crippen molar-refractivity contribution in [1.29, 1.82) is 0 Å². The summed E-state index contributed by atoms with van der Waals surface area (Å²) in [7, 11) is 3.86. The molecule has 3 heterocycles. The second-order valence-electron chi connectivity index (χ2n) is 8.44. The molecule has 0 bridgehead atoms. The first-order chi connectivity index (χ1) is 15.6. The van der Waals surface area contributed by atoms with Gasteiger partial charge in [-0.2, -0.15) is 0 Å². The fraction of sp³-hybridized carbons (Fsp3) is 0.458. The lowest BCUT2D eigenvalue weighted by molar-refractivity contribution is -0.140. The van der Waals surface area contributed by atoms with E-state index in [4.69, 9.17) is 9.15 Å². The molecule has 0 unspecified atom stereocenters. The zero-order valence-electron chi connectivity index (χ0n) is 19.9. The van der Waals surface area contributed by atoms with Crippen molar-refractivity contribution in [3.63, 3.8) is 0 Å². The monoisotopic (exact) mass is 457 g/mol. The second-order valence-corrected chi connectivity index (χ2v) is 8.44. The van der Waals surface area contributed by atoms with Gasteiger partial charge in [0.05, 0.1) is 12.2 Å². The normalized spacial score (nSPS) is 17.9. The Labute approximate surface area is 193 Å². The first kappa shape index (κ1) is 24.3. The Morgan fingerprint density at radius 2 is 1.94 bits per heavy atom. The molecule has 0 spiro atoms. The number of nitrogens with zero attached hydrogens (tertiary/aromatic N) is 2. The minimum absolute atomic E-state index is 0.0557. The standard InChI is InChI=1S/C24H31N3O6/c1-7-32-24(31)19-14(3)17(15(4)25-19)21(28)18-20(16-10-9-13(2)33-16)27(23(30)22(18)29)12-8-11-26(5)6/h9-10,20,25,28H,7-8,11-12H2,1-6H3/t20-/m1/s1. The molecular weight excluding hydrogens is 426 g/mol. The summed E-state index contributed by atoms with van der Waals surface area (Å²) in [5.74, 6) is -1.35. The van der Waals surface area contributed by atoms with Gasteiger partial charge in [-0.05, 0) is 72.5 Å². The number of aromatic amines is 1. The van der Waals surface area contributed by atoms with Crippen molar-refractivity contribution in [3.05, 3.63) is 51.7 Å². The molecule has 9 nitrogen and oxygen atoms in total. The van der Waals surface area contributed by atoms with Crippen LogP contribution in [0.25, 0.3) is 5.76 Å². The number of likely N-dealkylation sites (tertiary alicyclic amines) is 1. The minimum atomic E-state index is -0.861. The number of hydrogen-bond donors (Lipinski definition) is 2. The highest BCUT2D eigenvalue weighted by molar-refractivity contribution is 6.46. The Balaban J connectivity index is 2.13. The van der Waals surface area contributed by atoms with E-state index in [1.807, 2.05) is 19.0 Å². The van der Waals surface area contributed by atoms with Gasteiger partial charge in [0.15, 0.2) is 0 Å². The number of nitrogens with one attached hydrogen (secondary N) is 1. The number of carbonyl (C=O) groups excluding carboxylic acids is 3. The van der Waals surface area contributed by atoms with E-state index in [2.05, 4.69) is 4.98 Å². The summed E-state index contributed by atoms with van der Waals surface area (Å²) < 4.78 is 10.9. The van der Waals surface area contributed by atoms with Gasteiger partial charge in [-0.3, -0.25) is 9.59 Å². The topological polar surface area (TPSA) is 116 Å². The molecule has 2 N–H and O–H groups in total. The van der Waals surface area contributed by atoms with E-state index in [1.165, 1.54) is 4.90 Å². The van der Waals surface area contributed by atoms with Crippen molar-refractivity contribution in [1.82, 2.24) is 14.8 Å².